The van der Waals surface area contributed by atoms with Crippen LogP contribution in [0.2, 0.25) is 0 Å². The number of ketones is 1. The van der Waals surface area contributed by atoms with Crippen molar-refractivity contribution in [3.8, 4) is 0 Å². The van der Waals surface area contributed by atoms with E-state index in [4.69, 9.17) is 0 Å². The molecule has 0 saturated heterocycles. The van der Waals surface area contributed by atoms with E-state index in [1.807, 2.05) is 13.0 Å². The Hall–Kier alpha value is -2.23. The van der Waals surface area contributed by atoms with Gasteiger partial charge in [0.1, 0.15) is 0 Å². The van der Waals surface area contributed by atoms with E-state index in [1.165, 1.54) is 11.0 Å². The largest absolute Gasteiger partial charge is 0.289 e. The Morgan fingerprint density at radius 3 is 2.47 bits per heavy atom. The Kier molecular flexibility index (Phi) is 3.90. The van der Waals surface area contributed by atoms with Crippen LogP contribution < -0.4 is 0 Å². The maximum atomic E-state index is 12.2. The number of rotatable bonds is 4. The van der Waals surface area contributed by atoms with Crippen LogP contribution in [0.4, 0.5) is 0 Å². The molecule has 1 aromatic carbocycles. The Morgan fingerprint density at radius 2 is 1.89 bits per heavy atom. The fourth-order valence-corrected chi connectivity index (χ4v) is 2.04. The summed E-state index contributed by atoms with van der Waals surface area (Å²) >= 11 is 0. The van der Waals surface area contributed by atoms with Gasteiger partial charge in [-0.05, 0) is 6.42 Å². The van der Waals surface area contributed by atoms with Gasteiger partial charge in [-0.1, -0.05) is 37.3 Å². The predicted octanol–water partition coefficient (Wildman–Crippen LogP) is 1.96. The zero-order valence-corrected chi connectivity index (χ0v) is 10.8. The quantitative estimate of drug-likeness (QED) is 0.612. The molecule has 98 valence electrons. The molecule has 0 aliphatic carbocycles. The molecule has 4 nitrogen and oxygen atoms in total. The number of Topliss-reactive ketones (excluding diaryl/α,β-unsaturated/α-hetero) is 1. The summed E-state index contributed by atoms with van der Waals surface area (Å²) in [6, 6.07) is 8.67. The Morgan fingerprint density at radius 1 is 1.21 bits per heavy atom. The second-order valence-electron chi connectivity index (χ2n) is 4.43. The van der Waals surface area contributed by atoms with E-state index in [0.717, 1.165) is 0 Å². The van der Waals surface area contributed by atoms with E-state index in [0.29, 0.717) is 18.5 Å². The molecule has 0 spiro atoms. The average molecular weight is 257 g/mol. The van der Waals surface area contributed by atoms with Crippen molar-refractivity contribution in [3.63, 3.8) is 0 Å². The number of carbonyl (C=O) groups is 3. The van der Waals surface area contributed by atoms with E-state index >= 15 is 0 Å². The van der Waals surface area contributed by atoms with Gasteiger partial charge in [-0.2, -0.15) is 0 Å². The summed E-state index contributed by atoms with van der Waals surface area (Å²) in [5.41, 5.74) is 0.770. The van der Waals surface area contributed by atoms with Gasteiger partial charge >= 0.3 is 0 Å². The van der Waals surface area contributed by atoms with E-state index in [1.54, 1.807) is 24.3 Å². The fourth-order valence-electron chi connectivity index (χ4n) is 2.04. The van der Waals surface area contributed by atoms with E-state index in [9.17, 15) is 14.4 Å². The molecule has 0 aromatic heterocycles. The first-order valence-electron chi connectivity index (χ1n) is 6.28. The highest BCUT2D eigenvalue weighted by Crippen LogP contribution is 2.18. The van der Waals surface area contributed by atoms with Crippen molar-refractivity contribution in [3.05, 3.63) is 47.5 Å². The van der Waals surface area contributed by atoms with E-state index in [-0.39, 0.29) is 23.7 Å². The van der Waals surface area contributed by atoms with Crippen molar-refractivity contribution in [2.45, 2.75) is 19.8 Å². The molecule has 0 atom stereocenters. The van der Waals surface area contributed by atoms with Crippen molar-refractivity contribution in [2.75, 3.05) is 6.54 Å². The third-order valence-corrected chi connectivity index (χ3v) is 2.98. The van der Waals surface area contributed by atoms with E-state index < -0.39 is 5.91 Å². The first-order valence-corrected chi connectivity index (χ1v) is 6.28. The van der Waals surface area contributed by atoms with Gasteiger partial charge in [0.15, 0.2) is 5.78 Å². The van der Waals surface area contributed by atoms with E-state index in [2.05, 4.69) is 0 Å². The molecule has 0 bridgehead atoms. The first kappa shape index (κ1) is 13.2. The maximum Gasteiger partial charge on any atom is 0.253 e. The minimum absolute atomic E-state index is 0.000528. The number of hydrogen-bond donors (Lipinski definition) is 0. The van der Waals surface area contributed by atoms with Crippen LogP contribution in [0, 0.1) is 0 Å². The number of carbonyl (C=O) groups excluding carboxylic acids is 3. The Bertz CT molecular complexity index is 546. The zero-order chi connectivity index (χ0) is 13.8. The van der Waals surface area contributed by atoms with Crippen molar-refractivity contribution in [1.82, 2.24) is 4.90 Å². The van der Waals surface area contributed by atoms with Gasteiger partial charge in [0, 0.05) is 23.8 Å². The molecular formula is C15H15NO3. The molecule has 0 unspecified atom stereocenters. The summed E-state index contributed by atoms with van der Waals surface area (Å²) in [6.07, 6.45) is 2.00. The summed E-state index contributed by atoms with van der Waals surface area (Å²) in [4.78, 5) is 37.0. The highest BCUT2D eigenvalue weighted by Gasteiger charge is 2.28. The van der Waals surface area contributed by atoms with Gasteiger partial charge in [0.2, 0.25) is 5.91 Å². The third kappa shape index (κ3) is 2.78. The van der Waals surface area contributed by atoms with Crippen molar-refractivity contribution in [2.24, 2.45) is 0 Å². The minimum atomic E-state index is -0.391. The zero-order valence-electron chi connectivity index (χ0n) is 10.8. The smallest absolute Gasteiger partial charge is 0.253 e. The number of nitrogens with zero attached hydrogens (tertiary/aromatic N) is 1. The topological polar surface area (TPSA) is 54.5 Å². The lowest BCUT2D eigenvalue weighted by Crippen LogP contribution is -2.40. The lowest BCUT2D eigenvalue weighted by atomic mass is 9.97. The summed E-state index contributed by atoms with van der Waals surface area (Å²) in [5.74, 6) is -0.940. The Labute approximate surface area is 111 Å². The first-order chi connectivity index (χ1) is 9.13. The average Bonchev–Trinajstić information content (AvgIpc) is 2.43. The molecule has 0 saturated carbocycles. The molecule has 19 heavy (non-hydrogen) atoms. The number of benzene rings is 1. The monoisotopic (exact) mass is 257 g/mol. The number of amides is 2. The van der Waals surface area contributed by atoms with Gasteiger partial charge in [0.05, 0.1) is 6.42 Å². The summed E-state index contributed by atoms with van der Waals surface area (Å²) in [6.45, 7) is 2.30. The molecule has 1 aliphatic rings. The summed E-state index contributed by atoms with van der Waals surface area (Å²) in [7, 11) is 0. The van der Waals surface area contributed by atoms with Crippen molar-refractivity contribution < 1.29 is 14.4 Å². The van der Waals surface area contributed by atoms with Crippen LogP contribution in [0.5, 0.6) is 0 Å². The Balaban J connectivity index is 2.23. The maximum absolute atomic E-state index is 12.2. The third-order valence-electron chi connectivity index (χ3n) is 2.98. The molecule has 2 amide bonds. The number of imide groups is 1. The molecule has 1 aliphatic heterocycles. The van der Waals surface area contributed by atoms with Crippen LogP contribution in [0.15, 0.2) is 42.0 Å². The lowest BCUT2D eigenvalue weighted by molar-refractivity contribution is -0.142. The molecular weight excluding hydrogens is 242 g/mol. The SMILES string of the molecule is CCCN1C(=O)C=C(C(=O)c2ccccc2)CC1=O. The summed E-state index contributed by atoms with van der Waals surface area (Å²) in [5, 5.41) is 0. The van der Waals surface area contributed by atoms with Gasteiger partial charge in [-0.25, -0.2) is 0 Å². The van der Waals surface area contributed by atoms with Gasteiger partial charge in [0.25, 0.3) is 5.91 Å². The van der Waals surface area contributed by atoms with Crippen LogP contribution >= 0.6 is 0 Å². The minimum Gasteiger partial charge on any atom is -0.289 e. The molecule has 0 N–H and O–H groups in total. The fraction of sp³-hybridized carbons (Fsp3) is 0.267. The van der Waals surface area contributed by atoms with Crippen molar-refractivity contribution >= 4 is 17.6 Å². The normalized spacial score (nSPS) is 15.4. The van der Waals surface area contributed by atoms with Gasteiger partial charge in [-0.3, -0.25) is 19.3 Å². The predicted molar refractivity (Wildman–Crippen MR) is 70.5 cm³/mol. The van der Waals surface area contributed by atoms with Crippen LogP contribution in [-0.2, 0) is 9.59 Å². The molecule has 2 rings (SSSR count). The second-order valence-corrected chi connectivity index (χ2v) is 4.43. The number of hydrogen-bond acceptors (Lipinski definition) is 3. The van der Waals surface area contributed by atoms with Gasteiger partial charge < -0.3 is 0 Å². The molecule has 1 aromatic rings. The van der Waals surface area contributed by atoms with Gasteiger partial charge in [-0.15, -0.1) is 0 Å². The highest BCUT2D eigenvalue weighted by molar-refractivity contribution is 6.18. The molecule has 1 heterocycles. The second kappa shape index (κ2) is 5.61. The molecule has 4 heteroatoms. The lowest BCUT2D eigenvalue weighted by Gasteiger charge is -2.23. The summed E-state index contributed by atoms with van der Waals surface area (Å²) < 4.78 is 0. The standard InChI is InChI=1S/C15H15NO3/c1-2-8-16-13(17)9-12(10-14(16)18)15(19)11-6-4-3-5-7-11/h3-7,9H,2,8,10H2,1H3. The highest BCUT2D eigenvalue weighted by atomic mass is 16.2. The van der Waals surface area contributed by atoms with Crippen LogP contribution in [0.1, 0.15) is 30.1 Å². The molecule has 0 fully saturated rings. The van der Waals surface area contributed by atoms with Crippen molar-refractivity contribution in [1.29, 1.82) is 0 Å². The van der Waals surface area contributed by atoms with Crippen LogP contribution in [0.25, 0.3) is 0 Å². The molecule has 0 radical (unpaired) electrons. The van der Waals surface area contributed by atoms with Crippen LogP contribution in [-0.4, -0.2) is 29.0 Å². The van der Waals surface area contributed by atoms with Crippen LogP contribution in [0.3, 0.4) is 0 Å².